The molecule has 1 saturated carbocycles. The number of nitrogens with one attached hydrogen (secondary N) is 1. The quantitative estimate of drug-likeness (QED) is 0.828. The van der Waals surface area contributed by atoms with Crippen molar-refractivity contribution in [2.45, 2.75) is 38.6 Å². The topological polar surface area (TPSA) is 25.2 Å². The molecule has 1 heterocycles. The number of hydrogen-bond acceptors (Lipinski definition) is 2. The molecule has 20 heavy (non-hydrogen) atoms. The average Bonchev–Trinajstić information content (AvgIpc) is 3.15. The standard InChI is InChI=1S/C18H23NO/c1-14-4-6-15(7-5-14)11-16(13-19-17-8-9-17)12-18-3-2-10-20-18/h2-7,10,16-17,19H,8-9,11-13H2,1H3. The van der Waals surface area contributed by atoms with Gasteiger partial charge in [0, 0.05) is 12.5 Å². The molecule has 1 unspecified atom stereocenters. The van der Waals surface area contributed by atoms with Crippen LogP contribution in [0.2, 0.25) is 0 Å². The third-order valence-corrected chi connectivity index (χ3v) is 3.99. The largest absolute Gasteiger partial charge is 0.469 e. The molecule has 0 spiro atoms. The molecular formula is C18H23NO. The number of furan rings is 1. The van der Waals surface area contributed by atoms with E-state index in [1.807, 2.05) is 6.07 Å². The third-order valence-electron chi connectivity index (χ3n) is 3.99. The van der Waals surface area contributed by atoms with E-state index in [-0.39, 0.29) is 0 Å². The van der Waals surface area contributed by atoms with Gasteiger partial charge < -0.3 is 9.73 Å². The summed E-state index contributed by atoms with van der Waals surface area (Å²) in [6, 6.07) is 13.7. The van der Waals surface area contributed by atoms with E-state index in [1.54, 1.807) is 6.26 Å². The van der Waals surface area contributed by atoms with Crippen molar-refractivity contribution >= 4 is 0 Å². The summed E-state index contributed by atoms with van der Waals surface area (Å²) in [5, 5.41) is 3.66. The normalized spacial score (nSPS) is 16.2. The van der Waals surface area contributed by atoms with Crippen LogP contribution >= 0.6 is 0 Å². The van der Waals surface area contributed by atoms with Crippen molar-refractivity contribution in [2.24, 2.45) is 5.92 Å². The van der Waals surface area contributed by atoms with Gasteiger partial charge in [-0.1, -0.05) is 29.8 Å². The van der Waals surface area contributed by atoms with E-state index >= 15 is 0 Å². The van der Waals surface area contributed by atoms with Crippen molar-refractivity contribution in [1.29, 1.82) is 0 Å². The summed E-state index contributed by atoms with van der Waals surface area (Å²) in [4.78, 5) is 0. The lowest BCUT2D eigenvalue weighted by atomic mass is 9.94. The number of hydrogen-bond donors (Lipinski definition) is 1. The highest BCUT2D eigenvalue weighted by molar-refractivity contribution is 5.22. The molecule has 1 aliphatic carbocycles. The Bertz CT molecular complexity index is 511. The van der Waals surface area contributed by atoms with Gasteiger partial charge in [-0.15, -0.1) is 0 Å². The highest BCUT2D eigenvalue weighted by Crippen LogP contribution is 2.21. The van der Waals surface area contributed by atoms with E-state index in [0.717, 1.165) is 31.2 Å². The van der Waals surface area contributed by atoms with Gasteiger partial charge in [0.15, 0.2) is 0 Å². The summed E-state index contributed by atoms with van der Waals surface area (Å²) in [6.07, 6.45) is 6.59. The summed E-state index contributed by atoms with van der Waals surface area (Å²) in [5.41, 5.74) is 2.75. The van der Waals surface area contributed by atoms with E-state index in [4.69, 9.17) is 4.42 Å². The summed E-state index contributed by atoms with van der Waals surface area (Å²) < 4.78 is 5.52. The first-order valence-corrected chi connectivity index (χ1v) is 7.61. The Kier molecular flexibility index (Phi) is 4.22. The minimum Gasteiger partial charge on any atom is -0.469 e. The Morgan fingerprint density at radius 1 is 1.15 bits per heavy atom. The van der Waals surface area contributed by atoms with Crippen molar-refractivity contribution in [1.82, 2.24) is 5.32 Å². The third kappa shape index (κ3) is 3.97. The van der Waals surface area contributed by atoms with Gasteiger partial charge in [0.2, 0.25) is 0 Å². The molecule has 3 rings (SSSR count). The first-order valence-electron chi connectivity index (χ1n) is 7.61. The molecule has 0 bridgehead atoms. The smallest absolute Gasteiger partial charge is 0.104 e. The number of benzene rings is 1. The maximum absolute atomic E-state index is 5.52. The number of rotatable bonds is 7. The second kappa shape index (κ2) is 6.27. The van der Waals surface area contributed by atoms with E-state index < -0.39 is 0 Å². The lowest BCUT2D eigenvalue weighted by molar-refractivity contribution is 0.414. The van der Waals surface area contributed by atoms with Crippen molar-refractivity contribution in [3.8, 4) is 0 Å². The molecule has 1 N–H and O–H groups in total. The van der Waals surface area contributed by atoms with Crippen LogP contribution in [0.5, 0.6) is 0 Å². The maximum Gasteiger partial charge on any atom is 0.104 e. The molecule has 1 aromatic carbocycles. The van der Waals surface area contributed by atoms with Crippen molar-refractivity contribution in [2.75, 3.05) is 6.54 Å². The molecule has 0 aliphatic heterocycles. The van der Waals surface area contributed by atoms with Gasteiger partial charge >= 0.3 is 0 Å². The summed E-state index contributed by atoms with van der Waals surface area (Å²) in [6.45, 7) is 3.22. The van der Waals surface area contributed by atoms with Crippen LogP contribution in [0, 0.1) is 12.8 Å². The Morgan fingerprint density at radius 2 is 1.95 bits per heavy atom. The molecule has 2 heteroatoms. The van der Waals surface area contributed by atoms with Crippen LogP contribution in [0.3, 0.4) is 0 Å². The van der Waals surface area contributed by atoms with Crippen LogP contribution in [0.4, 0.5) is 0 Å². The molecule has 106 valence electrons. The Morgan fingerprint density at radius 3 is 2.60 bits per heavy atom. The zero-order valence-corrected chi connectivity index (χ0v) is 12.1. The minimum atomic E-state index is 0.601. The molecule has 2 aromatic rings. The van der Waals surface area contributed by atoms with Crippen LogP contribution in [-0.4, -0.2) is 12.6 Å². The van der Waals surface area contributed by atoms with Crippen LogP contribution < -0.4 is 5.32 Å². The van der Waals surface area contributed by atoms with Gasteiger partial charge in [-0.05, 0) is 56.3 Å². The van der Waals surface area contributed by atoms with Gasteiger partial charge in [-0.2, -0.15) is 0 Å². The second-order valence-corrected chi connectivity index (χ2v) is 6.02. The highest BCUT2D eigenvalue weighted by atomic mass is 16.3. The summed E-state index contributed by atoms with van der Waals surface area (Å²) in [7, 11) is 0. The Labute approximate surface area is 121 Å². The fourth-order valence-electron chi connectivity index (χ4n) is 2.61. The predicted octanol–water partition coefficient (Wildman–Crippen LogP) is 3.74. The highest BCUT2D eigenvalue weighted by Gasteiger charge is 2.22. The molecular weight excluding hydrogens is 246 g/mol. The van der Waals surface area contributed by atoms with Gasteiger partial charge in [0.25, 0.3) is 0 Å². The second-order valence-electron chi connectivity index (χ2n) is 6.02. The van der Waals surface area contributed by atoms with E-state index in [9.17, 15) is 0 Å². The van der Waals surface area contributed by atoms with Crippen molar-refractivity contribution in [3.63, 3.8) is 0 Å². The first kappa shape index (κ1) is 13.4. The van der Waals surface area contributed by atoms with Crippen molar-refractivity contribution in [3.05, 3.63) is 59.5 Å². The van der Waals surface area contributed by atoms with Crippen molar-refractivity contribution < 1.29 is 4.42 Å². The van der Waals surface area contributed by atoms with Crippen LogP contribution in [0.15, 0.2) is 47.1 Å². The van der Waals surface area contributed by atoms with Crippen LogP contribution in [0.25, 0.3) is 0 Å². The summed E-state index contributed by atoms with van der Waals surface area (Å²) in [5.74, 6) is 1.70. The first-order chi connectivity index (χ1) is 9.79. The molecule has 1 atom stereocenters. The summed E-state index contributed by atoms with van der Waals surface area (Å²) >= 11 is 0. The monoisotopic (exact) mass is 269 g/mol. The molecule has 0 radical (unpaired) electrons. The van der Waals surface area contributed by atoms with E-state index in [0.29, 0.717) is 5.92 Å². The maximum atomic E-state index is 5.52. The predicted molar refractivity (Wildman–Crippen MR) is 81.8 cm³/mol. The molecule has 1 fully saturated rings. The fraction of sp³-hybridized carbons (Fsp3) is 0.444. The fourth-order valence-corrected chi connectivity index (χ4v) is 2.61. The van der Waals surface area contributed by atoms with E-state index in [2.05, 4.69) is 42.6 Å². The zero-order chi connectivity index (χ0) is 13.8. The number of aryl methyl sites for hydroxylation is 1. The SMILES string of the molecule is Cc1ccc(CC(CNC2CC2)Cc2ccco2)cc1. The Balaban J connectivity index is 1.61. The lowest BCUT2D eigenvalue weighted by Gasteiger charge is -2.17. The van der Waals surface area contributed by atoms with Crippen LogP contribution in [-0.2, 0) is 12.8 Å². The minimum absolute atomic E-state index is 0.601. The molecule has 1 aliphatic rings. The average molecular weight is 269 g/mol. The van der Waals surface area contributed by atoms with Crippen LogP contribution in [0.1, 0.15) is 29.7 Å². The van der Waals surface area contributed by atoms with Gasteiger partial charge in [0.1, 0.15) is 5.76 Å². The molecule has 2 nitrogen and oxygen atoms in total. The van der Waals surface area contributed by atoms with Gasteiger partial charge in [-0.3, -0.25) is 0 Å². The van der Waals surface area contributed by atoms with Gasteiger partial charge in [0.05, 0.1) is 6.26 Å². The zero-order valence-electron chi connectivity index (χ0n) is 12.1. The van der Waals surface area contributed by atoms with E-state index in [1.165, 1.54) is 24.0 Å². The van der Waals surface area contributed by atoms with Gasteiger partial charge in [-0.25, -0.2) is 0 Å². The molecule has 0 amide bonds. The molecule has 1 aromatic heterocycles. The Hall–Kier alpha value is -1.54. The lowest BCUT2D eigenvalue weighted by Crippen LogP contribution is -2.27. The molecule has 0 saturated heterocycles.